The molecule has 1 saturated heterocycles. The van der Waals surface area contributed by atoms with Crippen LogP contribution in [-0.4, -0.2) is 39.8 Å². The van der Waals surface area contributed by atoms with E-state index < -0.39 is 0 Å². The molecule has 4 rings (SSSR count). The molecule has 1 aliphatic heterocycles. The first kappa shape index (κ1) is 19.4. The van der Waals surface area contributed by atoms with Gasteiger partial charge in [-0.2, -0.15) is 0 Å². The standard InChI is InChI=1S/C23H28N4O2/c1-3-29-20-8-7-15-27-22(17(2)25-23(20)27)19(28)10-9-18-11-12-24-21(16-18)26-13-5-4-6-14-26/h7-8,11-12,15-16H,3-6,9-10,13-14H2,1-2H3. The number of aryl methyl sites for hydroxylation is 2. The molecule has 0 bridgehead atoms. The molecule has 3 aromatic rings. The van der Waals surface area contributed by atoms with E-state index in [4.69, 9.17) is 4.74 Å². The average Bonchev–Trinajstić information content (AvgIpc) is 3.10. The number of ketones is 1. The number of ether oxygens (including phenoxy) is 1. The number of hydrogen-bond donors (Lipinski definition) is 0. The van der Waals surface area contributed by atoms with E-state index in [0.29, 0.717) is 36.5 Å². The average molecular weight is 393 g/mol. The molecule has 0 saturated carbocycles. The van der Waals surface area contributed by atoms with Crippen molar-refractivity contribution < 1.29 is 9.53 Å². The number of carbonyl (C=O) groups is 1. The van der Waals surface area contributed by atoms with Gasteiger partial charge in [-0.1, -0.05) is 0 Å². The highest BCUT2D eigenvalue weighted by Crippen LogP contribution is 2.24. The van der Waals surface area contributed by atoms with Crippen molar-refractivity contribution in [2.75, 3.05) is 24.6 Å². The molecule has 0 aromatic carbocycles. The molecule has 0 spiro atoms. The fourth-order valence-corrected chi connectivity index (χ4v) is 4.05. The highest BCUT2D eigenvalue weighted by molar-refractivity contribution is 5.96. The Morgan fingerprint density at radius 2 is 2.03 bits per heavy atom. The van der Waals surface area contributed by atoms with Crippen LogP contribution in [0.15, 0.2) is 36.7 Å². The Morgan fingerprint density at radius 1 is 1.21 bits per heavy atom. The van der Waals surface area contributed by atoms with Crippen molar-refractivity contribution in [2.24, 2.45) is 0 Å². The summed E-state index contributed by atoms with van der Waals surface area (Å²) in [4.78, 5) is 24.5. The predicted octanol–water partition coefficient (Wildman–Crippen LogP) is 4.24. The van der Waals surface area contributed by atoms with Crippen molar-refractivity contribution in [1.29, 1.82) is 0 Å². The summed E-state index contributed by atoms with van der Waals surface area (Å²) in [6.07, 6.45) is 8.62. The van der Waals surface area contributed by atoms with Crippen molar-refractivity contribution in [3.63, 3.8) is 0 Å². The molecule has 1 fully saturated rings. The summed E-state index contributed by atoms with van der Waals surface area (Å²) < 4.78 is 7.52. The molecule has 29 heavy (non-hydrogen) atoms. The third-order valence-electron chi connectivity index (χ3n) is 5.48. The van der Waals surface area contributed by atoms with Crippen LogP contribution in [0.3, 0.4) is 0 Å². The second-order valence-electron chi connectivity index (χ2n) is 7.54. The molecule has 1 aliphatic rings. The van der Waals surface area contributed by atoms with E-state index in [2.05, 4.69) is 20.9 Å². The molecule has 3 aromatic heterocycles. The van der Waals surface area contributed by atoms with Crippen LogP contribution in [0.5, 0.6) is 5.75 Å². The van der Waals surface area contributed by atoms with Crippen LogP contribution in [0.4, 0.5) is 5.82 Å². The van der Waals surface area contributed by atoms with Crippen molar-refractivity contribution in [3.05, 3.63) is 53.6 Å². The number of Topliss-reactive ketones (excluding diaryl/α,β-unsaturated/α-hetero) is 1. The molecule has 0 aliphatic carbocycles. The molecule has 0 atom stereocenters. The highest BCUT2D eigenvalue weighted by atomic mass is 16.5. The number of anilines is 1. The highest BCUT2D eigenvalue weighted by Gasteiger charge is 2.19. The van der Waals surface area contributed by atoms with Crippen LogP contribution in [0, 0.1) is 6.92 Å². The largest absolute Gasteiger partial charge is 0.490 e. The number of imidazole rings is 1. The zero-order valence-corrected chi connectivity index (χ0v) is 17.2. The van der Waals surface area contributed by atoms with Crippen LogP contribution in [-0.2, 0) is 6.42 Å². The van der Waals surface area contributed by atoms with E-state index in [1.54, 1.807) is 0 Å². The number of pyridine rings is 2. The molecule has 0 N–H and O–H groups in total. The van der Waals surface area contributed by atoms with E-state index in [-0.39, 0.29) is 5.78 Å². The summed E-state index contributed by atoms with van der Waals surface area (Å²) in [6.45, 7) is 6.53. The van der Waals surface area contributed by atoms with E-state index >= 15 is 0 Å². The number of nitrogens with zero attached hydrogens (tertiary/aromatic N) is 4. The first-order valence-corrected chi connectivity index (χ1v) is 10.5. The number of carbonyl (C=O) groups excluding carboxylic acids is 1. The summed E-state index contributed by atoms with van der Waals surface area (Å²) >= 11 is 0. The molecule has 0 amide bonds. The number of fused-ring (bicyclic) bond motifs is 1. The quantitative estimate of drug-likeness (QED) is 0.563. The van der Waals surface area contributed by atoms with Gasteiger partial charge in [-0.05, 0) is 69.4 Å². The normalized spacial score (nSPS) is 14.3. The Kier molecular flexibility index (Phi) is 5.79. The van der Waals surface area contributed by atoms with Gasteiger partial charge in [0, 0.05) is 31.9 Å². The van der Waals surface area contributed by atoms with Gasteiger partial charge in [0.25, 0.3) is 0 Å². The monoisotopic (exact) mass is 392 g/mol. The van der Waals surface area contributed by atoms with Gasteiger partial charge in [-0.15, -0.1) is 0 Å². The maximum Gasteiger partial charge on any atom is 0.181 e. The second-order valence-corrected chi connectivity index (χ2v) is 7.54. The van der Waals surface area contributed by atoms with E-state index in [1.807, 2.05) is 48.8 Å². The minimum atomic E-state index is 0.0972. The van der Waals surface area contributed by atoms with Gasteiger partial charge < -0.3 is 9.64 Å². The lowest BCUT2D eigenvalue weighted by molar-refractivity contribution is 0.0976. The summed E-state index contributed by atoms with van der Waals surface area (Å²) in [5, 5.41) is 0. The molecular formula is C23H28N4O2. The molecule has 4 heterocycles. The maximum atomic E-state index is 13.0. The van der Waals surface area contributed by atoms with Crippen molar-refractivity contribution >= 4 is 17.2 Å². The number of aromatic nitrogens is 3. The fraction of sp³-hybridized carbons (Fsp3) is 0.435. The van der Waals surface area contributed by atoms with Crippen LogP contribution < -0.4 is 9.64 Å². The summed E-state index contributed by atoms with van der Waals surface area (Å²) in [7, 11) is 0. The van der Waals surface area contributed by atoms with Crippen molar-refractivity contribution in [1.82, 2.24) is 14.4 Å². The molecule has 0 unspecified atom stereocenters. The Hall–Kier alpha value is -2.89. The van der Waals surface area contributed by atoms with Crippen LogP contribution in [0.25, 0.3) is 5.65 Å². The van der Waals surface area contributed by atoms with Gasteiger partial charge in [-0.25, -0.2) is 9.97 Å². The number of rotatable bonds is 7. The van der Waals surface area contributed by atoms with Crippen LogP contribution >= 0.6 is 0 Å². The lowest BCUT2D eigenvalue weighted by Gasteiger charge is -2.27. The molecule has 6 nitrogen and oxygen atoms in total. The Bertz CT molecular complexity index is 1010. The van der Waals surface area contributed by atoms with Crippen LogP contribution in [0.2, 0.25) is 0 Å². The van der Waals surface area contributed by atoms with Gasteiger partial charge in [0.2, 0.25) is 0 Å². The van der Waals surface area contributed by atoms with Gasteiger partial charge in [0.05, 0.1) is 12.3 Å². The van der Waals surface area contributed by atoms with Gasteiger partial charge in [-0.3, -0.25) is 9.20 Å². The first-order chi connectivity index (χ1) is 14.2. The van der Waals surface area contributed by atoms with Gasteiger partial charge in [0.15, 0.2) is 17.2 Å². The Balaban J connectivity index is 1.50. The molecule has 0 radical (unpaired) electrons. The Morgan fingerprint density at radius 3 is 2.83 bits per heavy atom. The summed E-state index contributed by atoms with van der Waals surface area (Å²) in [5.41, 5.74) is 3.24. The second kappa shape index (κ2) is 8.64. The van der Waals surface area contributed by atoms with E-state index in [0.717, 1.165) is 30.2 Å². The summed E-state index contributed by atoms with van der Waals surface area (Å²) in [6, 6.07) is 7.92. The van der Waals surface area contributed by atoms with E-state index in [1.165, 1.54) is 19.3 Å². The van der Waals surface area contributed by atoms with Crippen molar-refractivity contribution in [3.8, 4) is 5.75 Å². The lowest BCUT2D eigenvalue weighted by Crippen LogP contribution is -2.30. The minimum Gasteiger partial charge on any atom is -0.490 e. The lowest BCUT2D eigenvalue weighted by atomic mass is 10.1. The Labute approximate surface area is 171 Å². The topological polar surface area (TPSA) is 59.7 Å². The minimum absolute atomic E-state index is 0.0972. The number of hydrogen-bond acceptors (Lipinski definition) is 5. The zero-order valence-electron chi connectivity index (χ0n) is 17.2. The van der Waals surface area contributed by atoms with Gasteiger partial charge >= 0.3 is 0 Å². The number of piperidine rings is 1. The summed E-state index contributed by atoms with van der Waals surface area (Å²) in [5.74, 6) is 1.83. The SMILES string of the molecule is CCOc1cccn2c(C(=O)CCc3ccnc(N4CCCCC4)c3)c(C)nc12. The maximum absolute atomic E-state index is 13.0. The third kappa shape index (κ3) is 4.11. The zero-order chi connectivity index (χ0) is 20.2. The molecule has 152 valence electrons. The van der Waals surface area contributed by atoms with Crippen molar-refractivity contribution in [2.45, 2.75) is 46.0 Å². The predicted molar refractivity (Wildman–Crippen MR) is 114 cm³/mol. The van der Waals surface area contributed by atoms with Crippen LogP contribution in [0.1, 0.15) is 54.4 Å². The smallest absolute Gasteiger partial charge is 0.181 e. The van der Waals surface area contributed by atoms with Gasteiger partial charge in [0.1, 0.15) is 11.5 Å². The van der Waals surface area contributed by atoms with E-state index in [9.17, 15) is 4.79 Å². The molecular weight excluding hydrogens is 364 g/mol. The first-order valence-electron chi connectivity index (χ1n) is 10.5. The third-order valence-corrected chi connectivity index (χ3v) is 5.48. The molecule has 6 heteroatoms. The fourth-order valence-electron chi connectivity index (χ4n) is 4.05.